The van der Waals surface area contributed by atoms with Crippen LogP contribution in [0.25, 0.3) is 10.8 Å². The number of primary amides is 1. The molecule has 9 heteroatoms. The van der Waals surface area contributed by atoms with Crippen molar-refractivity contribution in [2.24, 2.45) is 5.73 Å². The third-order valence-corrected chi connectivity index (χ3v) is 7.70. The number of phenolic OH excluding ortho intramolecular Hbond substituents is 1. The molecule has 0 fully saturated rings. The standard InChI is InChI=1S/C18H18N2O4S3/c1-11(9-16(19)21)26-15-10-14(12-5-2-3-6-13(12)18(15)22)20-27(23,24)17-7-4-8-25-17/h2-8,10-11,20,22H,9H2,1H3,(H2,19,21). The number of thiophene rings is 1. The summed E-state index contributed by atoms with van der Waals surface area (Å²) >= 11 is 2.39. The molecule has 1 atom stereocenters. The van der Waals surface area contributed by atoms with Crippen molar-refractivity contribution in [1.82, 2.24) is 0 Å². The highest BCUT2D eigenvalue weighted by molar-refractivity contribution is 8.00. The predicted molar refractivity (Wildman–Crippen MR) is 110 cm³/mol. The monoisotopic (exact) mass is 422 g/mol. The summed E-state index contributed by atoms with van der Waals surface area (Å²) < 4.78 is 28.1. The fraction of sp³-hybridized carbons (Fsp3) is 0.167. The van der Waals surface area contributed by atoms with E-state index >= 15 is 0 Å². The van der Waals surface area contributed by atoms with E-state index in [4.69, 9.17) is 5.73 Å². The van der Waals surface area contributed by atoms with Crippen LogP contribution in [0, 0.1) is 0 Å². The molecule has 0 radical (unpaired) electrons. The normalized spacial score (nSPS) is 12.8. The number of hydrogen-bond acceptors (Lipinski definition) is 6. The van der Waals surface area contributed by atoms with E-state index in [-0.39, 0.29) is 21.6 Å². The van der Waals surface area contributed by atoms with Gasteiger partial charge in [0.05, 0.1) is 10.6 Å². The van der Waals surface area contributed by atoms with E-state index in [0.29, 0.717) is 21.4 Å². The largest absolute Gasteiger partial charge is 0.506 e. The number of aromatic hydroxyl groups is 1. The molecule has 6 nitrogen and oxygen atoms in total. The van der Waals surface area contributed by atoms with E-state index in [2.05, 4.69) is 4.72 Å². The predicted octanol–water partition coefficient (Wildman–Crippen LogP) is 3.76. The lowest BCUT2D eigenvalue weighted by atomic mass is 10.1. The summed E-state index contributed by atoms with van der Waals surface area (Å²) in [5.74, 6) is -0.389. The zero-order valence-corrected chi connectivity index (χ0v) is 16.8. The van der Waals surface area contributed by atoms with Crippen LogP contribution in [0.15, 0.2) is 56.9 Å². The smallest absolute Gasteiger partial charge is 0.271 e. The lowest BCUT2D eigenvalue weighted by Crippen LogP contribution is -2.15. The van der Waals surface area contributed by atoms with E-state index in [0.717, 1.165) is 11.3 Å². The van der Waals surface area contributed by atoms with Crippen LogP contribution >= 0.6 is 23.1 Å². The Labute approximate surface area is 165 Å². The van der Waals surface area contributed by atoms with Gasteiger partial charge in [-0.05, 0) is 17.5 Å². The second-order valence-corrected chi connectivity index (χ2v) is 10.3. The van der Waals surface area contributed by atoms with Crippen LogP contribution in [0.1, 0.15) is 13.3 Å². The summed E-state index contributed by atoms with van der Waals surface area (Å²) in [6, 6.07) is 11.8. The van der Waals surface area contributed by atoms with Crippen LogP contribution in [-0.4, -0.2) is 24.7 Å². The number of hydrogen-bond donors (Lipinski definition) is 3. The molecule has 1 unspecified atom stereocenters. The topological polar surface area (TPSA) is 109 Å². The zero-order chi connectivity index (χ0) is 19.6. The maximum atomic E-state index is 12.6. The molecule has 0 aliphatic rings. The Morgan fingerprint density at radius 1 is 1.26 bits per heavy atom. The Morgan fingerprint density at radius 2 is 1.96 bits per heavy atom. The van der Waals surface area contributed by atoms with E-state index in [1.807, 2.05) is 6.92 Å². The number of benzene rings is 2. The zero-order valence-electron chi connectivity index (χ0n) is 14.4. The Bertz CT molecular complexity index is 1080. The molecule has 1 aromatic heterocycles. The highest BCUT2D eigenvalue weighted by Crippen LogP contribution is 2.42. The van der Waals surface area contributed by atoms with Gasteiger partial charge in [0.1, 0.15) is 9.96 Å². The molecule has 142 valence electrons. The number of carbonyl (C=O) groups is 1. The van der Waals surface area contributed by atoms with Gasteiger partial charge < -0.3 is 10.8 Å². The molecule has 4 N–H and O–H groups in total. The summed E-state index contributed by atoms with van der Waals surface area (Å²) in [7, 11) is -3.74. The Hall–Kier alpha value is -2.23. The van der Waals surface area contributed by atoms with E-state index in [1.165, 1.54) is 17.8 Å². The Morgan fingerprint density at radius 3 is 2.59 bits per heavy atom. The van der Waals surface area contributed by atoms with Gasteiger partial charge in [-0.15, -0.1) is 23.1 Å². The lowest BCUT2D eigenvalue weighted by Gasteiger charge is -2.16. The summed E-state index contributed by atoms with van der Waals surface area (Å²) in [4.78, 5) is 11.6. The first-order valence-electron chi connectivity index (χ1n) is 8.04. The van der Waals surface area contributed by atoms with Gasteiger partial charge in [0.15, 0.2) is 0 Å². The van der Waals surface area contributed by atoms with Crippen molar-refractivity contribution in [3.8, 4) is 5.75 Å². The number of amides is 1. The average Bonchev–Trinajstić information content (AvgIpc) is 3.14. The summed E-state index contributed by atoms with van der Waals surface area (Å²) in [6.07, 6.45) is 0.146. The SMILES string of the molecule is CC(CC(N)=O)Sc1cc(NS(=O)(=O)c2cccs2)c2ccccc2c1O. The van der Waals surface area contributed by atoms with Crippen molar-refractivity contribution < 1.29 is 18.3 Å². The van der Waals surface area contributed by atoms with Crippen LogP contribution in [0.3, 0.4) is 0 Å². The van der Waals surface area contributed by atoms with Crippen molar-refractivity contribution in [2.45, 2.75) is 27.7 Å². The lowest BCUT2D eigenvalue weighted by molar-refractivity contribution is -0.117. The number of fused-ring (bicyclic) bond motifs is 1. The van der Waals surface area contributed by atoms with Gasteiger partial charge in [-0.2, -0.15) is 0 Å². The number of thioether (sulfide) groups is 1. The highest BCUT2D eigenvalue weighted by atomic mass is 32.2. The minimum atomic E-state index is -3.74. The number of rotatable bonds is 7. The highest BCUT2D eigenvalue weighted by Gasteiger charge is 2.20. The molecule has 0 aliphatic heterocycles. The van der Waals surface area contributed by atoms with Gasteiger partial charge in [0.25, 0.3) is 10.0 Å². The molecule has 3 aromatic rings. The van der Waals surface area contributed by atoms with Gasteiger partial charge in [-0.1, -0.05) is 37.3 Å². The molecule has 2 aromatic carbocycles. The Balaban J connectivity index is 2.06. The molecule has 0 saturated carbocycles. The third kappa shape index (κ3) is 4.37. The molecule has 1 amide bonds. The maximum absolute atomic E-state index is 12.6. The molecule has 3 rings (SSSR count). The van der Waals surface area contributed by atoms with E-state index in [9.17, 15) is 18.3 Å². The number of sulfonamides is 1. The van der Waals surface area contributed by atoms with Gasteiger partial charge >= 0.3 is 0 Å². The van der Waals surface area contributed by atoms with Gasteiger partial charge in [0, 0.05) is 22.4 Å². The number of nitrogens with one attached hydrogen (secondary N) is 1. The van der Waals surface area contributed by atoms with Crippen molar-refractivity contribution in [1.29, 1.82) is 0 Å². The first kappa shape index (κ1) is 19.5. The van der Waals surface area contributed by atoms with Crippen molar-refractivity contribution in [3.63, 3.8) is 0 Å². The molecular formula is C18H18N2O4S3. The van der Waals surface area contributed by atoms with Crippen molar-refractivity contribution in [2.75, 3.05) is 4.72 Å². The first-order chi connectivity index (χ1) is 12.8. The minimum absolute atomic E-state index is 0.0472. The average molecular weight is 423 g/mol. The summed E-state index contributed by atoms with van der Waals surface area (Å²) in [5, 5.41) is 13.3. The van der Waals surface area contributed by atoms with E-state index < -0.39 is 15.9 Å². The van der Waals surface area contributed by atoms with Gasteiger partial charge in [0.2, 0.25) is 5.91 Å². The third-order valence-electron chi connectivity index (χ3n) is 3.80. The van der Waals surface area contributed by atoms with Crippen LogP contribution in [-0.2, 0) is 14.8 Å². The molecule has 1 heterocycles. The second-order valence-electron chi connectivity index (χ2n) is 5.95. The number of carbonyl (C=O) groups excluding carboxylic acids is 1. The fourth-order valence-electron chi connectivity index (χ4n) is 2.66. The van der Waals surface area contributed by atoms with Gasteiger partial charge in [-0.25, -0.2) is 8.42 Å². The van der Waals surface area contributed by atoms with Crippen LogP contribution in [0.2, 0.25) is 0 Å². The molecule has 0 aliphatic carbocycles. The molecule has 0 bridgehead atoms. The van der Waals surface area contributed by atoms with Gasteiger partial charge in [-0.3, -0.25) is 9.52 Å². The second kappa shape index (κ2) is 7.79. The molecule has 27 heavy (non-hydrogen) atoms. The van der Waals surface area contributed by atoms with Crippen molar-refractivity contribution >= 4 is 55.5 Å². The molecular weight excluding hydrogens is 404 g/mol. The Kier molecular flexibility index (Phi) is 5.64. The number of nitrogens with two attached hydrogens (primary N) is 1. The number of anilines is 1. The fourth-order valence-corrected chi connectivity index (χ4v) is 5.81. The van der Waals surface area contributed by atoms with Crippen LogP contribution in [0.5, 0.6) is 5.75 Å². The quantitative estimate of drug-likeness (QED) is 0.397. The molecule has 0 spiro atoms. The number of phenols is 1. The maximum Gasteiger partial charge on any atom is 0.271 e. The van der Waals surface area contributed by atoms with Crippen molar-refractivity contribution in [3.05, 3.63) is 47.8 Å². The molecule has 0 saturated heterocycles. The summed E-state index contributed by atoms with van der Waals surface area (Å²) in [6.45, 7) is 1.82. The minimum Gasteiger partial charge on any atom is -0.506 e. The first-order valence-corrected chi connectivity index (χ1v) is 11.3. The summed E-state index contributed by atoms with van der Waals surface area (Å²) in [5.41, 5.74) is 5.60. The van der Waals surface area contributed by atoms with E-state index in [1.54, 1.807) is 41.8 Å². The van der Waals surface area contributed by atoms with Crippen LogP contribution in [0.4, 0.5) is 5.69 Å². The van der Waals surface area contributed by atoms with Crippen LogP contribution < -0.4 is 10.5 Å².